The van der Waals surface area contributed by atoms with Crippen molar-refractivity contribution < 1.29 is 19.1 Å². The summed E-state index contributed by atoms with van der Waals surface area (Å²) in [5.74, 6) is -1.02. The van der Waals surface area contributed by atoms with Gasteiger partial charge in [-0.3, -0.25) is 9.59 Å². The first-order chi connectivity index (χ1) is 14.0. The van der Waals surface area contributed by atoms with Crippen LogP contribution >= 0.6 is 0 Å². The van der Waals surface area contributed by atoms with Gasteiger partial charge in [0, 0.05) is 11.3 Å². The molecule has 7 nitrogen and oxygen atoms in total. The number of nitrogens with one attached hydrogen (secondary N) is 2. The van der Waals surface area contributed by atoms with Crippen LogP contribution in [-0.4, -0.2) is 29.8 Å². The number of amides is 1. The number of methoxy groups -OCH3 is 1. The summed E-state index contributed by atoms with van der Waals surface area (Å²) in [6.07, 6.45) is 1.52. The first-order valence-electron chi connectivity index (χ1n) is 8.80. The number of ether oxygens (including phenoxy) is 1. The van der Waals surface area contributed by atoms with Gasteiger partial charge in [0.15, 0.2) is 5.78 Å². The van der Waals surface area contributed by atoms with Crippen molar-refractivity contribution in [2.24, 2.45) is 0 Å². The smallest absolute Gasteiger partial charge is 0.339 e. The number of rotatable bonds is 6. The predicted octanol–water partition coefficient (Wildman–Crippen LogP) is 4.07. The summed E-state index contributed by atoms with van der Waals surface area (Å²) in [5.41, 5.74) is 2.79. The summed E-state index contributed by atoms with van der Waals surface area (Å²) in [6.45, 7) is 1.51. The molecule has 1 heterocycles. The highest BCUT2D eigenvalue weighted by atomic mass is 16.5. The van der Waals surface area contributed by atoms with Crippen molar-refractivity contribution in [2.45, 2.75) is 6.92 Å². The number of esters is 1. The van der Waals surface area contributed by atoms with Crippen LogP contribution in [0.5, 0.6) is 0 Å². The number of ketones is 1. The minimum Gasteiger partial charge on any atom is -0.465 e. The number of benzene rings is 2. The Morgan fingerprint density at radius 3 is 2.41 bits per heavy atom. The number of para-hydroxylation sites is 1. The molecule has 0 bridgehead atoms. The zero-order valence-corrected chi connectivity index (χ0v) is 15.9. The Hall–Kier alpha value is -4.00. The number of hydrogen-bond donors (Lipinski definition) is 2. The standard InChI is InChI=1S/C22H19N3O4/c1-14(26)15-6-5-7-16(12-15)24-17-10-11-20(23-13-17)21(27)25-19-9-4-3-8-18(19)22(28)29-2/h3-13,24H,1-2H3,(H,25,27). The average molecular weight is 389 g/mol. The Morgan fingerprint density at radius 2 is 1.72 bits per heavy atom. The van der Waals surface area contributed by atoms with E-state index in [2.05, 4.69) is 15.6 Å². The van der Waals surface area contributed by atoms with Crippen molar-refractivity contribution in [2.75, 3.05) is 17.7 Å². The van der Waals surface area contributed by atoms with E-state index in [0.717, 1.165) is 5.69 Å². The zero-order valence-electron chi connectivity index (χ0n) is 15.9. The largest absolute Gasteiger partial charge is 0.465 e. The summed E-state index contributed by atoms with van der Waals surface area (Å²) in [7, 11) is 1.28. The van der Waals surface area contributed by atoms with Crippen molar-refractivity contribution in [1.82, 2.24) is 4.98 Å². The van der Waals surface area contributed by atoms with Crippen LogP contribution in [-0.2, 0) is 4.74 Å². The van der Waals surface area contributed by atoms with Crippen LogP contribution in [0, 0.1) is 0 Å². The molecule has 0 radical (unpaired) electrons. The maximum absolute atomic E-state index is 12.5. The van der Waals surface area contributed by atoms with Gasteiger partial charge in [-0.2, -0.15) is 0 Å². The van der Waals surface area contributed by atoms with Crippen LogP contribution in [0.2, 0.25) is 0 Å². The van der Waals surface area contributed by atoms with Gasteiger partial charge in [-0.05, 0) is 43.3 Å². The molecule has 0 aliphatic carbocycles. The van der Waals surface area contributed by atoms with Gasteiger partial charge >= 0.3 is 5.97 Å². The molecule has 0 saturated carbocycles. The quantitative estimate of drug-likeness (QED) is 0.487. The van der Waals surface area contributed by atoms with E-state index in [1.165, 1.54) is 20.2 Å². The van der Waals surface area contributed by atoms with E-state index in [9.17, 15) is 14.4 Å². The van der Waals surface area contributed by atoms with Gasteiger partial charge in [0.25, 0.3) is 5.91 Å². The zero-order chi connectivity index (χ0) is 20.8. The molecule has 0 aliphatic rings. The van der Waals surface area contributed by atoms with Crippen LogP contribution in [0.25, 0.3) is 0 Å². The van der Waals surface area contributed by atoms with Crippen molar-refractivity contribution in [3.8, 4) is 0 Å². The van der Waals surface area contributed by atoms with E-state index < -0.39 is 11.9 Å². The van der Waals surface area contributed by atoms with E-state index in [4.69, 9.17) is 4.74 Å². The van der Waals surface area contributed by atoms with Crippen molar-refractivity contribution >= 4 is 34.7 Å². The molecule has 0 fully saturated rings. The van der Waals surface area contributed by atoms with Gasteiger partial charge in [-0.25, -0.2) is 9.78 Å². The Bertz CT molecular complexity index is 1060. The van der Waals surface area contributed by atoms with E-state index >= 15 is 0 Å². The molecule has 146 valence electrons. The van der Waals surface area contributed by atoms with E-state index in [-0.39, 0.29) is 17.0 Å². The second-order valence-corrected chi connectivity index (χ2v) is 6.19. The molecule has 1 amide bonds. The summed E-state index contributed by atoms with van der Waals surface area (Å²) in [4.78, 5) is 40.0. The molecule has 0 saturated heterocycles. The molecule has 0 unspecified atom stereocenters. The fraction of sp³-hybridized carbons (Fsp3) is 0.0909. The monoisotopic (exact) mass is 389 g/mol. The van der Waals surface area contributed by atoms with Crippen LogP contribution in [0.15, 0.2) is 66.9 Å². The lowest BCUT2D eigenvalue weighted by Crippen LogP contribution is -2.16. The Labute approximate surface area is 167 Å². The molecule has 7 heteroatoms. The van der Waals surface area contributed by atoms with E-state index in [1.54, 1.807) is 54.6 Å². The molecule has 2 aromatic carbocycles. The maximum atomic E-state index is 12.5. The number of anilines is 3. The van der Waals surface area contributed by atoms with Crippen molar-refractivity contribution in [1.29, 1.82) is 0 Å². The Kier molecular flexibility index (Phi) is 5.99. The molecule has 3 rings (SSSR count). The van der Waals surface area contributed by atoms with Gasteiger partial charge in [0.05, 0.1) is 30.2 Å². The highest BCUT2D eigenvalue weighted by Crippen LogP contribution is 2.19. The maximum Gasteiger partial charge on any atom is 0.339 e. The molecular weight excluding hydrogens is 370 g/mol. The number of nitrogens with zero attached hydrogens (tertiary/aromatic N) is 1. The number of carbonyl (C=O) groups excluding carboxylic acids is 3. The second-order valence-electron chi connectivity index (χ2n) is 6.19. The van der Waals surface area contributed by atoms with Gasteiger partial charge < -0.3 is 15.4 Å². The Morgan fingerprint density at radius 1 is 0.931 bits per heavy atom. The SMILES string of the molecule is COC(=O)c1ccccc1NC(=O)c1ccc(Nc2cccc(C(C)=O)c2)cn1. The number of hydrogen-bond acceptors (Lipinski definition) is 6. The lowest BCUT2D eigenvalue weighted by Gasteiger charge is -2.10. The first-order valence-corrected chi connectivity index (χ1v) is 8.80. The summed E-state index contributed by atoms with van der Waals surface area (Å²) in [6, 6.07) is 16.9. The summed E-state index contributed by atoms with van der Waals surface area (Å²) in [5, 5.41) is 5.81. The molecule has 0 aliphatic heterocycles. The molecule has 2 N–H and O–H groups in total. The fourth-order valence-corrected chi connectivity index (χ4v) is 2.65. The molecular formula is C22H19N3O4. The first kappa shape index (κ1) is 19.8. The van der Waals surface area contributed by atoms with Crippen LogP contribution in [0.3, 0.4) is 0 Å². The van der Waals surface area contributed by atoms with Gasteiger partial charge in [-0.15, -0.1) is 0 Å². The van der Waals surface area contributed by atoms with Crippen LogP contribution in [0.1, 0.15) is 38.1 Å². The van der Waals surface area contributed by atoms with E-state index in [0.29, 0.717) is 16.9 Å². The Balaban J connectivity index is 1.72. The molecule has 3 aromatic rings. The van der Waals surface area contributed by atoms with Crippen molar-refractivity contribution in [3.63, 3.8) is 0 Å². The second kappa shape index (κ2) is 8.79. The normalized spacial score (nSPS) is 10.1. The number of carbonyl (C=O) groups is 3. The summed E-state index contributed by atoms with van der Waals surface area (Å²) < 4.78 is 4.72. The number of Topliss-reactive ketones (excluding diaryl/α,β-unsaturated/α-hetero) is 1. The predicted molar refractivity (Wildman–Crippen MR) is 110 cm³/mol. The lowest BCUT2D eigenvalue weighted by atomic mass is 10.1. The van der Waals surface area contributed by atoms with Gasteiger partial charge in [0.1, 0.15) is 5.69 Å². The fourth-order valence-electron chi connectivity index (χ4n) is 2.65. The molecule has 1 aromatic heterocycles. The minimum absolute atomic E-state index is 0.0222. The average Bonchev–Trinajstić information content (AvgIpc) is 2.74. The van der Waals surface area contributed by atoms with Crippen LogP contribution in [0.4, 0.5) is 17.1 Å². The van der Waals surface area contributed by atoms with Gasteiger partial charge in [0.2, 0.25) is 0 Å². The molecule has 29 heavy (non-hydrogen) atoms. The molecule has 0 atom stereocenters. The van der Waals surface area contributed by atoms with Gasteiger partial charge in [-0.1, -0.05) is 24.3 Å². The highest BCUT2D eigenvalue weighted by Gasteiger charge is 2.15. The topological polar surface area (TPSA) is 97.4 Å². The third kappa shape index (κ3) is 4.84. The number of pyridine rings is 1. The summed E-state index contributed by atoms with van der Waals surface area (Å²) >= 11 is 0. The molecule has 0 spiro atoms. The highest BCUT2D eigenvalue weighted by molar-refractivity contribution is 6.07. The number of aromatic nitrogens is 1. The van der Waals surface area contributed by atoms with Crippen molar-refractivity contribution in [3.05, 3.63) is 83.7 Å². The lowest BCUT2D eigenvalue weighted by molar-refractivity contribution is 0.0601. The van der Waals surface area contributed by atoms with E-state index in [1.807, 2.05) is 6.07 Å². The third-order valence-electron chi connectivity index (χ3n) is 4.13. The third-order valence-corrected chi connectivity index (χ3v) is 4.13. The minimum atomic E-state index is -0.541. The van der Waals surface area contributed by atoms with Crippen LogP contribution < -0.4 is 10.6 Å².